The zero-order chi connectivity index (χ0) is 22.5. The number of imide groups is 1. The van der Waals surface area contributed by atoms with Gasteiger partial charge in [0.1, 0.15) is 5.75 Å². The average Bonchev–Trinajstić information content (AvgIpc) is 3.14. The second-order valence-electron chi connectivity index (χ2n) is 7.32. The highest BCUT2D eigenvalue weighted by atomic mass is 32.2. The number of nitrogens with one attached hydrogen (secondary N) is 2. The molecule has 1 heterocycles. The molecule has 3 aromatic rings. The molecule has 0 saturated carbocycles. The van der Waals surface area contributed by atoms with Gasteiger partial charge in [0.25, 0.3) is 11.1 Å². The number of ether oxygens (including phenoxy) is 1. The molecule has 32 heavy (non-hydrogen) atoms. The van der Waals surface area contributed by atoms with Crippen molar-refractivity contribution < 1.29 is 19.1 Å². The predicted octanol–water partition coefficient (Wildman–Crippen LogP) is 4.19. The number of methoxy groups -OCH3 is 1. The lowest BCUT2D eigenvalue weighted by Gasteiger charge is -2.15. The van der Waals surface area contributed by atoms with Gasteiger partial charge in [-0.05, 0) is 41.3 Å². The first-order valence-corrected chi connectivity index (χ1v) is 11.0. The van der Waals surface area contributed by atoms with Crippen molar-refractivity contribution in [3.05, 3.63) is 89.5 Å². The van der Waals surface area contributed by atoms with Crippen molar-refractivity contribution >= 4 is 28.8 Å². The number of para-hydroxylation sites is 1. The summed E-state index contributed by atoms with van der Waals surface area (Å²) in [5.41, 5.74) is 4.12. The number of thioether (sulfide) groups is 1. The number of rotatable bonds is 7. The molecule has 3 amide bonds. The molecule has 6 nitrogen and oxygen atoms in total. The summed E-state index contributed by atoms with van der Waals surface area (Å²) < 4.78 is 5.34. The summed E-state index contributed by atoms with van der Waals surface area (Å²) >= 11 is 0.984. The lowest BCUT2D eigenvalue weighted by atomic mass is 9.94. The van der Waals surface area contributed by atoms with Gasteiger partial charge in [-0.2, -0.15) is 0 Å². The van der Waals surface area contributed by atoms with E-state index < -0.39 is 5.25 Å². The number of hydrogen-bond donors (Lipinski definition) is 2. The molecule has 0 aliphatic carbocycles. The Labute approximate surface area is 190 Å². The highest BCUT2D eigenvalue weighted by molar-refractivity contribution is 8.15. The molecule has 1 aliphatic rings. The fourth-order valence-electron chi connectivity index (χ4n) is 3.66. The number of amides is 3. The molecule has 1 saturated heterocycles. The van der Waals surface area contributed by atoms with Crippen LogP contribution in [0.15, 0.2) is 72.8 Å². The fraction of sp³-hybridized carbons (Fsp3) is 0.160. The Morgan fingerprint density at radius 2 is 1.75 bits per heavy atom. The molecule has 1 unspecified atom stereocenters. The van der Waals surface area contributed by atoms with E-state index in [4.69, 9.17) is 4.74 Å². The van der Waals surface area contributed by atoms with Crippen LogP contribution in [0, 0.1) is 0 Å². The van der Waals surface area contributed by atoms with Crippen LogP contribution in [0.25, 0.3) is 11.1 Å². The second kappa shape index (κ2) is 9.70. The molecule has 1 aliphatic heterocycles. The van der Waals surface area contributed by atoms with E-state index in [1.54, 1.807) is 19.2 Å². The zero-order valence-electron chi connectivity index (χ0n) is 17.5. The van der Waals surface area contributed by atoms with Gasteiger partial charge < -0.3 is 10.1 Å². The molecule has 0 aromatic heterocycles. The van der Waals surface area contributed by atoms with Crippen molar-refractivity contribution in [2.75, 3.05) is 7.11 Å². The second-order valence-corrected chi connectivity index (χ2v) is 8.50. The highest BCUT2D eigenvalue weighted by Crippen LogP contribution is 2.30. The molecule has 0 radical (unpaired) electrons. The van der Waals surface area contributed by atoms with E-state index in [1.807, 2.05) is 60.7 Å². The molecule has 7 heteroatoms. The summed E-state index contributed by atoms with van der Waals surface area (Å²) in [5, 5.41) is 4.40. The van der Waals surface area contributed by atoms with Crippen molar-refractivity contribution in [2.24, 2.45) is 0 Å². The fourth-order valence-corrected chi connectivity index (χ4v) is 4.50. The van der Waals surface area contributed by atoms with E-state index in [2.05, 4.69) is 10.6 Å². The third kappa shape index (κ3) is 4.84. The Balaban J connectivity index is 1.59. The molecule has 1 fully saturated rings. The number of benzene rings is 3. The van der Waals surface area contributed by atoms with Gasteiger partial charge in [-0.25, -0.2) is 0 Å². The number of hydrogen-bond acceptors (Lipinski definition) is 5. The maximum atomic E-state index is 12.9. The minimum Gasteiger partial charge on any atom is -0.496 e. The standard InChI is InChI=1S/C25H22N2O4S/c1-31-21-10-6-5-9-18(21)15-26-23(28)17-11-12-20(16-7-3-2-4-8-16)19(13-17)14-22-24(29)27-25(30)32-22/h2-13,22H,14-15H2,1H3,(H,26,28)(H,27,29,30). The van der Waals surface area contributed by atoms with Crippen LogP contribution in [-0.4, -0.2) is 29.4 Å². The predicted molar refractivity (Wildman–Crippen MR) is 125 cm³/mol. The monoisotopic (exact) mass is 446 g/mol. The van der Waals surface area contributed by atoms with Crippen molar-refractivity contribution in [3.8, 4) is 16.9 Å². The van der Waals surface area contributed by atoms with Crippen molar-refractivity contribution in [1.82, 2.24) is 10.6 Å². The van der Waals surface area contributed by atoms with Crippen molar-refractivity contribution in [3.63, 3.8) is 0 Å². The molecule has 4 rings (SSSR count). The third-order valence-electron chi connectivity index (χ3n) is 5.26. The topological polar surface area (TPSA) is 84.5 Å². The quantitative estimate of drug-likeness (QED) is 0.569. The van der Waals surface area contributed by atoms with Crippen molar-refractivity contribution in [1.29, 1.82) is 0 Å². The van der Waals surface area contributed by atoms with E-state index in [-0.39, 0.29) is 17.1 Å². The molecule has 1 atom stereocenters. The minimum absolute atomic E-state index is 0.226. The molecular weight excluding hydrogens is 424 g/mol. The largest absolute Gasteiger partial charge is 0.496 e. The maximum absolute atomic E-state index is 12.9. The first kappa shape index (κ1) is 21.6. The normalized spacial score (nSPS) is 15.3. The Hall–Kier alpha value is -3.58. The summed E-state index contributed by atoms with van der Waals surface area (Å²) in [6.45, 7) is 0.327. The van der Waals surface area contributed by atoms with Crippen LogP contribution < -0.4 is 15.4 Å². The molecule has 0 bridgehead atoms. The minimum atomic E-state index is -0.517. The molecule has 3 aromatic carbocycles. The van der Waals surface area contributed by atoms with Gasteiger partial charge in [-0.3, -0.25) is 19.7 Å². The summed E-state index contributed by atoms with van der Waals surface area (Å²) in [7, 11) is 1.59. The van der Waals surface area contributed by atoms with E-state index >= 15 is 0 Å². The highest BCUT2D eigenvalue weighted by Gasteiger charge is 2.32. The van der Waals surface area contributed by atoms with Gasteiger partial charge in [-0.15, -0.1) is 0 Å². The van der Waals surface area contributed by atoms with E-state index in [1.165, 1.54) is 0 Å². The third-order valence-corrected chi connectivity index (χ3v) is 6.24. The number of carbonyl (C=O) groups excluding carboxylic acids is 3. The molecular formula is C25H22N2O4S. The maximum Gasteiger partial charge on any atom is 0.286 e. The lowest BCUT2D eigenvalue weighted by molar-refractivity contribution is -0.118. The Bertz CT molecular complexity index is 1160. The van der Waals surface area contributed by atoms with Gasteiger partial charge in [0.2, 0.25) is 5.91 Å². The van der Waals surface area contributed by atoms with E-state index in [0.29, 0.717) is 24.3 Å². The summed E-state index contributed by atoms with van der Waals surface area (Å²) in [5.74, 6) is 0.184. The lowest BCUT2D eigenvalue weighted by Crippen LogP contribution is -2.26. The summed E-state index contributed by atoms with van der Waals surface area (Å²) in [6, 6.07) is 22.7. The zero-order valence-corrected chi connectivity index (χ0v) is 18.3. The smallest absolute Gasteiger partial charge is 0.286 e. The van der Waals surface area contributed by atoms with Gasteiger partial charge in [0.15, 0.2) is 0 Å². The molecule has 162 valence electrons. The Kier molecular flexibility index (Phi) is 6.56. The summed E-state index contributed by atoms with van der Waals surface area (Å²) in [6.07, 6.45) is 0.347. The van der Waals surface area contributed by atoms with Crippen LogP contribution in [0.5, 0.6) is 5.75 Å². The molecule has 0 spiro atoms. The van der Waals surface area contributed by atoms with Crippen LogP contribution >= 0.6 is 11.8 Å². The first-order chi connectivity index (χ1) is 15.5. The van der Waals surface area contributed by atoms with Gasteiger partial charge in [0, 0.05) is 17.7 Å². The Morgan fingerprint density at radius 1 is 1.00 bits per heavy atom. The van der Waals surface area contributed by atoms with E-state index in [0.717, 1.165) is 34.0 Å². The molecule has 2 N–H and O–H groups in total. The Morgan fingerprint density at radius 3 is 2.47 bits per heavy atom. The first-order valence-electron chi connectivity index (χ1n) is 10.1. The summed E-state index contributed by atoms with van der Waals surface area (Å²) in [4.78, 5) is 36.6. The van der Waals surface area contributed by atoms with Gasteiger partial charge in [0.05, 0.1) is 12.4 Å². The van der Waals surface area contributed by atoms with Crippen LogP contribution in [0.2, 0.25) is 0 Å². The average molecular weight is 447 g/mol. The van der Waals surface area contributed by atoms with E-state index in [9.17, 15) is 14.4 Å². The van der Waals surface area contributed by atoms with Crippen molar-refractivity contribution in [2.45, 2.75) is 18.2 Å². The van der Waals surface area contributed by atoms with Crippen LogP contribution in [0.3, 0.4) is 0 Å². The van der Waals surface area contributed by atoms with Crippen LogP contribution in [-0.2, 0) is 17.8 Å². The van der Waals surface area contributed by atoms with Crippen LogP contribution in [0.4, 0.5) is 4.79 Å². The van der Waals surface area contributed by atoms with Crippen LogP contribution in [0.1, 0.15) is 21.5 Å². The van der Waals surface area contributed by atoms with Gasteiger partial charge >= 0.3 is 0 Å². The van der Waals surface area contributed by atoms with Gasteiger partial charge in [-0.1, -0.05) is 66.4 Å². The SMILES string of the molecule is COc1ccccc1CNC(=O)c1ccc(-c2ccccc2)c(CC2SC(=O)NC2=O)c1. The number of carbonyl (C=O) groups is 3.